The number of amides is 1. The molecule has 0 bridgehead atoms. The normalized spacial score (nSPS) is 22.8. The molecule has 0 aromatic heterocycles. The summed E-state index contributed by atoms with van der Waals surface area (Å²) < 4.78 is 27.0. The van der Waals surface area contributed by atoms with Crippen LogP contribution in [0.3, 0.4) is 0 Å². The molecule has 0 aliphatic carbocycles. The molecule has 0 spiro atoms. The van der Waals surface area contributed by atoms with Crippen LogP contribution in [0.25, 0.3) is 0 Å². The van der Waals surface area contributed by atoms with Gasteiger partial charge in [0.1, 0.15) is 5.75 Å². The van der Waals surface area contributed by atoms with Gasteiger partial charge in [0.15, 0.2) is 9.84 Å². The Kier molecular flexibility index (Phi) is 4.06. The highest BCUT2D eigenvalue weighted by Crippen LogP contribution is 2.05. The number of ether oxygens (including phenoxy) is 1. The molecular formula is C8H15NO5S. The van der Waals surface area contributed by atoms with Gasteiger partial charge in [0, 0.05) is 19.3 Å². The van der Waals surface area contributed by atoms with Gasteiger partial charge in [0.05, 0.1) is 19.3 Å². The van der Waals surface area contributed by atoms with Gasteiger partial charge in [-0.3, -0.25) is 4.79 Å². The number of rotatable bonds is 3. The summed E-state index contributed by atoms with van der Waals surface area (Å²) in [6, 6.07) is 0. The van der Waals surface area contributed by atoms with E-state index in [0.29, 0.717) is 13.2 Å². The Morgan fingerprint density at radius 2 is 2.27 bits per heavy atom. The Balaban J connectivity index is 2.53. The molecule has 1 amide bonds. The molecule has 0 aromatic rings. The first-order valence-corrected chi connectivity index (χ1v) is 6.66. The van der Waals surface area contributed by atoms with Crippen molar-refractivity contribution in [1.29, 1.82) is 0 Å². The minimum atomic E-state index is -3.29. The first-order chi connectivity index (χ1) is 6.92. The van der Waals surface area contributed by atoms with E-state index in [0.717, 1.165) is 6.26 Å². The van der Waals surface area contributed by atoms with Gasteiger partial charge in [0.25, 0.3) is 0 Å². The molecule has 0 saturated carbocycles. The Morgan fingerprint density at radius 1 is 1.60 bits per heavy atom. The third kappa shape index (κ3) is 4.15. The summed E-state index contributed by atoms with van der Waals surface area (Å²) in [4.78, 5) is 12.9. The van der Waals surface area contributed by atoms with Crippen molar-refractivity contribution >= 4 is 15.7 Å². The number of nitrogens with zero attached hydrogens (tertiary/aromatic N) is 1. The standard InChI is InChI=1S/C8H15NO5S/c1-15(12,13)6-8(11)9-2-3-14-7(4-9)5-10/h7,10H,2-6H2,1H3. The Morgan fingerprint density at radius 3 is 2.80 bits per heavy atom. The highest BCUT2D eigenvalue weighted by atomic mass is 32.2. The fourth-order valence-electron chi connectivity index (χ4n) is 1.37. The number of aliphatic hydroxyl groups is 1. The number of carbonyl (C=O) groups excluding carboxylic acids is 1. The molecule has 88 valence electrons. The fourth-order valence-corrected chi connectivity index (χ4v) is 2.00. The van der Waals surface area contributed by atoms with E-state index in [1.165, 1.54) is 4.90 Å². The van der Waals surface area contributed by atoms with E-state index < -0.39 is 27.6 Å². The van der Waals surface area contributed by atoms with Crippen LogP contribution in [0.15, 0.2) is 0 Å². The zero-order valence-electron chi connectivity index (χ0n) is 8.55. The molecule has 1 N–H and O–H groups in total. The summed E-state index contributed by atoms with van der Waals surface area (Å²) in [7, 11) is -3.29. The second-order valence-corrected chi connectivity index (χ2v) is 5.73. The maximum Gasteiger partial charge on any atom is 0.237 e. The number of hydrogen-bond acceptors (Lipinski definition) is 5. The lowest BCUT2D eigenvalue weighted by atomic mass is 10.3. The fraction of sp³-hybridized carbons (Fsp3) is 0.875. The molecule has 1 saturated heterocycles. The highest BCUT2D eigenvalue weighted by molar-refractivity contribution is 7.91. The van der Waals surface area contributed by atoms with Crippen molar-refractivity contribution < 1.29 is 23.1 Å². The third-order valence-electron chi connectivity index (χ3n) is 2.08. The highest BCUT2D eigenvalue weighted by Gasteiger charge is 2.25. The van der Waals surface area contributed by atoms with Gasteiger partial charge in [-0.15, -0.1) is 0 Å². The van der Waals surface area contributed by atoms with Crippen LogP contribution < -0.4 is 0 Å². The Labute approximate surface area is 88.7 Å². The molecule has 1 aliphatic heterocycles. The second-order valence-electron chi connectivity index (χ2n) is 3.59. The minimum absolute atomic E-state index is 0.164. The predicted molar refractivity (Wildman–Crippen MR) is 53.1 cm³/mol. The Hall–Kier alpha value is -0.660. The van der Waals surface area contributed by atoms with Crippen molar-refractivity contribution in [3.63, 3.8) is 0 Å². The van der Waals surface area contributed by atoms with Crippen molar-refractivity contribution in [2.24, 2.45) is 0 Å². The minimum Gasteiger partial charge on any atom is -0.394 e. The monoisotopic (exact) mass is 237 g/mol. The SMILES string of the molecule is CS(=O)(=O)CC(=O)N1CCOC(CO)C1. The second kappa shape index (κ2) is 4.91. The van der Waals surface area contributed by atoms with Crippen LogP contribution in [0.5, 0.6) is 0 Å². The van der Waals surface area contributed by atoms with Crippen molar-refractivity contribution in [3.05, 3.63) is 0 Å². The van der Waals surface area contributed by atoms with Crippen LogP contribution in [-0.2, 0) is 19.4 Å². The summed E-state index contributed by atoms with van der Waals surface area (Å²) in [6.07, 6.45) is 0.622. The average Bonchev–Trinajstić information content (AvgIpc) is 2.15. The topological polar surface area (TPSA) is 83.9 Å². The zero-order valence-corrected chi connectivity index (χ0v) is 9.37. The van der Waals surface area contributed by atoms with Crippen LogP contribution in [0.2, 0.25) is 0 Å². The van der Waals surface area contributed by atoms with Gasteiger partial charge >= 0.3 is 0 Å². The van der Waals surface area contributed by atoms with Gasteiger partial charge in [0.2, 0.25) is 5.91 Å². The summed E-state index contributed by atoms with van der Waals surface area (Å²) in [6.45, 7) is 0.805. The Bertz CT molecular complexity index is 326. The maximum absolute atomic E-state index is 11.5. The lowest BCUT2D eigenvalue weighted by Crippen LogP contribution is -2.48. The maximum atomic E-state index is 11.5. The van der Waals surface area contributed by atoms with E-state index in [1.807, 2.05) is 0 Å². The molecule has 6 nitrogen and oxygen atoms in total. The zero-order chi connectivity index (χ0) is 11.5. The summed E-state index contributed by atoms with van der Waals surface area (Å²) >= 11 is 0. The molecule has 1 aliphatic rings. The summed E-state index contributed by atoms with van der Waals surface area (Å²) in [5.74, 6) is -0.912. The molecule has 1 rings (SSSR count). The number of aliphatic hydroxyl groups excluding tert-OH is 1. The van der Waals surface area contributed by atoms with Crippen molar-refractivity contribution in [2.45, 2.75) is 6.10 Å². The molecule has 7 heteroatoms. The van der Waals surface area contributed by atoms with Gasteiger partial charge in [-0.25, -0.2) is 8.42 Å². The molecule has 1 unspecified atom stereocenters. The van der Waals surface area contributed by atoms with Gasteiger partial charge in [-0.2, -0.15) is 0 Å². The molecule has 1 heterocycles. The van der Waals surface area contributed by atoms with E-state index in [1.54, 1.807) is 0 Å². The summed E-state index contributed by atoms with van der Waals surface area (Å²) in [5, 5.41) is 8.84. The van der Waals surface area contributed by atoms with E-state index in [-0.39, 0.29) is 13.2 Å². The van der Waals surface area contributed by atoms with Crippen LogP contribution in [-0.4, -0.2) is 68.7 Å². The van der Waals surface area contributed by atoms with Crippen molar-refractivity contribution in [2.75, 3.05) is 38.3 Å². The van der Waals surface area contributed by atoms with Gasteiger partial charge in [-0.05, 0) is 0 Å². The molecule has 0 radical (unpaired) electrons. The number of sulfone groups is 1. The molecule has 15 heavy (non-hydrogen) atoms. The van der Waals surface area contributed by atoms with Crippen LogP contribution >= 0.6 is 0 Å². The molecule has 1 fully saturated rings. The number of carbonyl (C=O) groups is 1. The van der Waals surface area contributed by atoms with Crippen molar-refractivity contribution in [1.82, 2.24) is 4.90 Å². The third-order valence-corrected chi connectivity index (χ3v) is 2.85. The average molecular weight is 237 g/mol. The largest absolute Gasteiger partial charge is 0.394 e. The summed E-state index contributed by atoms with van der Waals surface area (Å²) in [5.41, 5.74) is 0. The lowest BCUT2D eigenvalue weighted by Gasteiger charge is -2.31. The number of hydrogen-bond donors (Lipinski definition) is 1. The predicted octanol–water partition coefficient (Wildman–Crippen LogP) is -1.75. The molecule has 0 aromatic carbocycles. The quantitative estimate of drug-likeness (QED) is 0.629. The van der Waals surface area contributed by atoms with Crippen LogP contribution in [0, 0.1) is 0 Å². The van der Waals surface area contributed by atoms with Crippen molar-refractivity contribution in [3.8, 4) is 0 Å². The van der Waals surface area contributed by atoms with E-state index in [4.69, 9.17) is 9.84 Å². The van der Waals surface area contributed by atoms with Crippen LogP contribution in [0.4, 0.5) is 0 Å². The molecule has 1 atom stereocenters. The van der Waals surface area contributed by atoms with Gasteiger partial charge in [-0.1, -0.05) is 0 Å². The lowest BCUT2D eigenvalue weighted by molar-refractivity contribution is -0.137. The van der Waals surface area contributed by atoms with Crippen LogP contribution in [0.1, 0.15) is 0 Å². The molecular weight excluding hydrogens is 222 g/mol. The van der Waals surface area contributed by atoms with Gasteiger partial charge < -0.3 is 14.7 Å². The first kappa shape index (κ1) is 12.4. The smallest absolute Gasteiger partial charge is 0.237 e. The van der Waals surface area contributed by atoms with E-state index in [2.05, 4.69) is 0 Å². The number of morpholine rings is 1. The first-order valence-electron chi connectivity index (χ1n) is 4.60. The van der Waals surface area contributed by atoms with E-state index >= 15 is 0 Å². The van der Waals surface area contributed by atoms with E-state index in [9.17, 15) is 13.2 Å².